The van der Waals surface area contributed by atoms with E-state index in [1.54, 1.807) is 24.3 Å². The zero-order valence-electron chi connectivity index (χ0n) is 16.4. The van der Waals surface area contributed by atoms with Crippen LogP contribution in [-0.2, 0) is 14.6 Å². The second kappa shape index (κ2) is 9.08. The van der Waals surface area contributed by atoms with Gasteiger partial charge < -0.3 is 9.80 Å². The number of nitrogens with zero attached hydrogens (tertiary/aromatic N) is 5. The number of carbonyl (C=O) groups is 2. The van der Waals surface area contributed by atoms with Crippen LogP contribution in [0.5, 0.6) is 0 Å². The lowest BCUT2D eigenvalue weighted by molar-refractivity contribution is -0.128. The van der Waals surface area contributed by atoms with Crippen molar-refractivity contribution in [2.75, 3.05) is 43.1 Å². The molecule has 2 aromatic heterocycles. The zero-order chi connectivity index (χ0) is 21.7. The Hall–Kier alpha value is -3.21. The van der Waals surface area contributed by atoms with Crippen molar-refractivity contribution >= 4 is 33.2 Å². The predicted molar refractivity (Wildman–Crippen MR) is 110 cm³/mol. The summed E-state index contributed by atoms with van der Waals surface area (Å²) in [5.41, 5.74) is 0.227. The van der Waals surface area contributed by atoms with Crippen LogP contribution in [0.25, 0.3) is 0 Å². The van der Waals surface area contributed by atoms with E-state index in [0.717, 1.165) is 6.26 Å². The van der Waals surface area contributed by atoms with Gasteiger partial charge in [-0.3, -0.25) is 9.59 Å². The van der Waals surface area contributed by atoms with Crippen LogP contribution in [0.3, 0.4) is 0 Å². The molecule has 0 unspecified atom stereocenters. The van der Waals surface area contributed by atoms with Gasteiger partial charge in [-0.15, -0.1) is 4.91 Å². The minimum Gasteiger partial charge on any atom is -0.355 e. The number of anilines is 1. The van der Waals surface area contributed by atoms with Crippen molar-refractivity contribution < 1.29 is 18.0 Å². The summed E-state index contributed by atoms with van der Waals surface area (Å²) in [6.45, 7) is 1.86. The lowest BCUT2D eigenvalue weighted by atomic mass is 10.1. The third-order valence-electron chi connectivity index (χ3n) is 4.64. The molecule has 0 spiro atoms. The molecule has 2 aromatic rings. The first-order valence-corrected chi connectivity index (χ1v) is 11.3. The van der Waals surface area contributed by atoms with Crippen molar-refractivity contribution in [3.05, 3.63) is 52.7 Å². The Labute approximate surface area is 173 Å². The molecule has 158 valence electrons. The van der Waals surface area contributed by atoms with E-state index in [1.165, 1.54) is 17.2 Å². The van der Waals surface area contributed by atoms with Crippen molar-refractivity contribution in [1.29, 1.82) is 0 Å². The molecule has 3 rings (SSSR count). The number of nitroso groups, excluding NO2 is 1. The van der Waals surface area contributed by atoms with Gasteiger partial charge in [0.1, 0.15) is 17.3 Å². The topological polar surface area (TPSA) is 130 Å². The second-order valence-electron chi connectivity index (χ2n) is 6.97. The van der Waals surface area contributed by atoms with Crippen molar-refractivity contribution in [3.8, 4) is 0 Å². The molecule has 11 heteroatoms. The average molecular weight is 431 g/mol. The highest BCUT2D eigenvalue weighted by atomic mass is 32.2. The van der Waals surface area contributed by atoms with Gasteiger partial charge in [0, 0.05) is 38.6 Å². The van der Waals surface area contributed by atoms with Crippen LogP contribution in [0.2, 0.25) is 0 Å². The summed E-state index contributed by atoms with van der Waals surface area (Å²) in [6.07, 6.45) is 3.05. The SMILES string of the molecule is CS(=O)(=O)CC(=O)N1CCCN(c2cccc(C(=O)c3cccnc3N=O)n2)CC1. The molecule has 1 fully saturated rings. The number of hydrogen-bond acceptors (Lipinski definition) is 9. The fourth-order valence-electron chi connectivity index (χ4n) is 3.22. The van der Waals surface area contributed by atoms with Crippen LogP contribution in [-0.4, -0.2) is 73.2 Å². The second-order valence-corrected chi connectivity index (χ2v) is 9.11. The van der Waals surface area contributed by atoms with Crippen LogP contribution >= 0.6 is 0 Å². The van der Waals surface area contributed by atoms with Crippen LogP contribution < -0.4 is 4.90 Å². The maximum Gasteiger partial charge on any atom is 0.237 e. The van der Waals surface area contributed by atoms with E-state index in [2.05, 4.69) is 15.1 Å². The Kier molecular flexibility index (Phi) is 6.50. The summed E-state index contributed by atoms with van der Waals surface area (Å²) in [4.78, 5) is 47.6. The molecule has 1 amide bonds. The number of amides is 1. The van der Waals surface area contributed by atoms with Crippen LogP contribution in [0.4, 0.5) is 11.6 Å². The Balaban J connectivity index is 1.75. The van der Waals surface area contributed by atoms with E-state index >= 15 is 0 Å². The third-order valence-corrected chi connectivity index (χ3v) is 5.41. The van der Waals surface area contributed by atoms with Crippen molar-refractivity contribution in [2.24, 2.45) is 5.18 Å². The van der Waals surface area contributed by atoms with E-state index in [9.17, 15) is 22.9 Å². The molecule has 0 aliphatic carbocycles. The molecule has 0 radical (unpaired) electrons. The number of ketones is 1. The molecule has 0 saturated carbocycles. The quantitative estimate of drug-likeness (QED) is 0.492. The smallest absolute Gasteiger partial charge is 0.237 e. The van der Waals surface area contributed by atoms with Gasteiger partial charge in [-0.2, -0.15) is 0 Å². The molecular weight excluding hydrogens is 410 g/mol. The number of rotatable bonds is 6. The molecule has 3 heterocycles. The third kappa shape index (κ3) is 5.23. The van der Waals surface area contributed by atoms with E-state index in [4.69, 9.17) is 0 Å². The highest BCUT2D eigenvalue weighted by Gasteiger charge is 2.23. The Morgan fingerprint density at radius 3 is 2.63 bits per heavy atom. The molecule has 1 saturated heterocycles. The van der Waals surface area contributed by atoms with Gasteiger partial charge in [-0.25, -0.2) is 18.4 Å². The highest BCUT2D eigenvalue weighted by molar-refractivity contribution is 7.91. The molecule has 1 aliphatic heterocycles. The van der Waals surface area contributed by atoms with Crippen LogP contribution in [0.15, 0.2) is 41.7 Å². The van der Waals surface area contributed by atoms with E-state index < -0.39 is 27.3 Å². The Morgan fingerprint density at radius 2 is 1.90 bits per heavy atom. The maximum atomic E-state index is 12.8. The van der Waals surface area contributed by atoms with Crippen molar-refractivity contribution in [2.45, 2.75) is 6.42 Å². The molecule has 1 aliphatic rings. The Morgan fingerprint density at radius 1 is 1.10 bits per heavy atom. The molecule has 30 heavy (non-hydrogen) atoms. The van der Waals surface area contributed by atoms with Gasteiger partial charge in [0.15, 0.2) is 9.84 Å². The molecule has 0 bridgehead atoms. The van der Waals surface area contributed by atoms with E-state index in [0.29, 0.717) is 38.4 Å². The van der Waals surface area contributed by atoms with Crippen LogP contribution in [0.1, 0.15) is 22.5 Å². The first-order valence-electron chi connectivity index (χ1n) is 9.29. The number of hydrogen-bond donors (Lipinski definition) is 0. The first-order chi connectivity index (χ1) is 14.3. The summed E-state index contributed by atoms with van der Waals surface area (Å²) < 4.78 is 22.8. The number of pyridine rings is 2. The van der Waals surface area contributed by atoms with Gasteiger partial charge in [-0.1, -0.05) is 6.07 Å². The molecule has 0 atom stereocenters. The lowest BCUT2D eigenvalue weighted by Gasteiger charge is -2.23. The summed E-state index contributed by atoms with van der Waals surface area (Å²) in [5, 5.41) is 2.79. The standard InChI is InChI=1S/C19H21N5O5S/c1-30(28,29)13-17(25)24-10-4-9-23(11-12-24)16-7-2-6-15(21-16)18(26)14-5-3-8-20-19(14)22-27/h2-3,5-8H,4,9-13H2,1H3. The van der Waals surface area contributed by atoms with E-state index in [-0.39, 0.29) is 17.1 Å². The fourth-order valence-corrected chi connectivity index (χ4v) is 3.85. The molecule has 0 aromatic carbocycles. The molecule has 10 nitrogen and oxygen atoms in total. The predicted octanol–water partition coefficient (Wildman–Crippen LogP) is 1.19. The fraction of sp³-hybridized carbons (Fsp3) is 0.368. The normalized spacial score (nSPS) is 14.8. The van der Waals surface area contributed by atoms with Gasteiger partial charge in [0.2, 0.25) is 17.5 Å². The molecular formula is C19H21N5O5S. The summed E-state index contributed by atoms with van der Waals surface area (Å²) in [5.74, 6) is -1.01. The summed E-state index contributed by atoms with van der Waals surface area (Å²) in [7, 11) is -3.39. The average Bonchev–Trinajstić information content (AvgIpc) is 2.98. The maximum absolute atomic E-state index is 12.8. The summed E-state index contributed by atoms with van der Waals surface area (Å²) in [6, 6.07) is 8.01. The van der Waals surface area contributed by atoms with E-state index in [1.807, 2.05) is 4.90 Å². The number of sulfone groups is 1. The van der Waals surface area contributed by atoms with Gasteiger partial charge in [0.25, 0.3) is 0 Å². The number of aromatic nitrogens is 2. The lowest BCUT2D eigenvalue weighted by Crippen LogP contribution is -2.38. The minimum atomic E-state index is -3.39. The van der Waals surface area contributed by atoms with Crippen LogP contribution in [0, 0.1) is 4.91 Å². The van der Waals surface area contributed by atoms with Gasteiger partial charge in [-0.05, 0) is 35.9 Å². The number of carbonyl (C=O) groups excluding carboxylic acids is 2. The summed E-state index contributed by atoms with van der Waals surface area (Å²) >= 11 is 0. The first kappa shape index (κ1) is 21.5. The highest BCUT2D eigenvalue weighted by Crippen LogP contribution is 2.20. The zero-order valence-corrected chi connectivity index (χ0v) is 17.2. The van der Waals surface area contributed by atoms with Crippen molar-refractivity contribution in [1.82, 2.24) is 14.9 Å². The Bertz CT molecular complexity index is 1070. The van der Waals surface area contributed by atoms with Gasteiger partial charge in [0.05, 0.1) is 5.56 Å². The molecule has 0 N–H and O–H groups in total. The largest absolute Gasteiger partial charge is 0.355 e. The minimum absolute atomic E-state index is 0.0746. The van der Waals surface area contributed by atoms with Gasteiger partial charge >= 0.3 is 0 Å². The van der Waals surface area contributed by atoms with Crippen molar-refractivity contribution in [3.63, 3.8) is 0 Å². The monoisotopic (exact) mass is 431 g/mol.